The third-order valence-corrected chi connectivity index (χ3v) is 9.69. The summed E-state index contributed by atoms with van der Waals surface area (Å²) in [4.78, 5) is 0. The Morgan fingerprint density at radius 1 is 1.33 bits per heavy atom. The van der Waals surface area contributed by atoms with Crippen molar-refractivity contribution in [1.82, 2.24) is 4.08 Å². The largest absolute Gasteiger partial charge is 0.452 e. The predicted octanol–water partition coefficient (Wildman–Crippen LogP) is 5.46. The Kier molecular flexibility index (Phi) is 7.89. The highest BCUT2D eigenvalue weighted by atomic mass is 79.9. The number of rotatable bonds is 8. The van der Waals surface area contributed by atoms with Crippen LogP contribution in [-0.4, -0.2) is 16.8 Å². The monoisotopic (exact) mass is 367 g/mol. The number of halogens is 1. The van der Waals surface area contributed by atoms with E-state index in [0.29, 0.717) is 0 Å². The van der Waals surface area contributed by atoms with Crippen LogP contribution >= 0.6 is 31.6 Å². The van der Waals surface area contributed by atoms with Gasteiger partial charge in [0.2, 0.25) is 0 Å². The van der Waals surface area contributed by atoms with E-state index in [4.69, 9.17) is 16.3 Å². The maximum absolute atomic E-state index is 6.10. The van der Waals surface area contributed by atoms with E-state index < -0.39 is 6.42 Å². The van der Waals surface area contributed by atoms with Crippen molar-refractivity contribution in [3.63, 3.8) is 0 Å². The van der Waals surface area contributed by atoms with Crippen molar-refractivity contribution in [1.29, 1.82) is 0 Å². The average molecular weight is 368 g/mol. The highest BCUT2D eigenvalue weighted by molar-refractivity contribution is 9.50. The molecule has 102 valence electrons. The third-order valence-electron chi connectivity index (χ3n) is 2.51. The topological polar surface area (TPSA) is 12.5 Å². The molecular formula is C12H19BrNOPS2. The zero-order chi connectivity index (χ0) is 13.4. The average Bonchev–Trinajstić information content (AvgIpc) is 2.40. The van der Waals surface area contributed by atoms with E-state index in [2.05, 4.69) is 32.7 Å². The molecule has 0 radical (unpaired) electrons. The molecular weight excluding hydrogens is 349 g/mol. The maximum Gasteiger partial charge on any atom is 0.190 e. The minimum Gasteiger partial charge on any atom is -0.452 e. The first-order valence-corrected chi connectivity index (χ1v) is 11.5. The van der Waals surface area contributed by atoms with Gasteiger partial charge in [-0.15, -0.1) is 0 Å². The number of nitrogens with zero attached hydrogens (tertiary/aromatic N) is 1. The second kappa shape index (κ2) is 8.60. The molecule has 0 amide bonds. The van der Waals surface area contributed by atoms with E-state index >= 15 is 0 Å². The summed E-state index contributed by atoms with van der Waals surface area (Å²) in [5, 5.41) is 0. The van der Waals surface area contributed by atoms with Crippen molar-refractivity contribution >= 4 is 43.4 Å². The quantitative estimate of drug-likeness (QED) is 0.446. The Bertz CT molecular complexity index is 391. The molecule has 2 nitrogen and oxygen atoms in total. The third kappa shape index (κ3) is 4.86. The summed E-state index contributed by atoms with van der Waals surface area (Å²) < 4.78 is 8.30. The maximum atomic E-state index is 6.10. The summed E-state index contributed by atoms with van der Waals surface area (Å²) in [6.07, 6.45) is 1.18. The summed E-state index contributed by atoms with van der Waals surface area (Å²) in [6, 6.07) is 9.86. The van der Waals surface area contributed by atoms with Crippen molar-refractivity contribution in [2.45, 2.75) is 26.7 Å². The molecule has 6 heteroatoms. The van der Waals surface area contributed by atoms with Crippen LogP contribution in [0, 0.1) is 0 Å². The number of hydrogen-bond donors (Lipinski definition) is 0. The Balaban J connectivity index is 2.80. The Morgan fingerprint density at radius 2 is 2.00 bits per heavy atom. The van der Waals surface area contributed by atoms with Crippen LogP contribution in [0.1, 0.15) is 26.7 Å². The van der Waals surface area contributed by atoms with Gasteiger partial charge in [-0.1, -0.05) is 38.5 Å². The van der Waals surface area contributed by atoms with Gasteiger partial charge < -0.3 is 4.52 Å². The molecule has 0 saturated heterocycles. The van der Waals surface area contributed by atoms with Gasteiger partial charge in [-0.2, -0.15) is 4.08 Å². The van der Waals surface area contributed by atoms with E-state index in [1.807, 2.05) is 30.3 Å². The molecule has 0 N–H and O–H groups in total. The minimum absolute atomic E-state index is 0.861. The van der Waals surface area contributed by atoms with E-state index in [1.165, 1.54) is 10.4 Å². The van der Waals surface area contributed by atoms with Crippen molar-refractivity contribution in [3.05, 3.63) is 30.3 Å². The van der Waals surface area contributed by atoms with Crippen LogP contribution < -0.4 is 4.52 Å². The van der Waals surface area contributed by atoms with Gasteiger partial charge in [-0.05, 0) is 30.4 Å². The number of unbranched alkanes of at least 4 members (excludes halogenated alkanes) is 1. The molecule has 1 atom stereocenters. The minimum atomic E-state index is -1.98. The lowest BCUT2D eigenvalue weighted by Crippen LogP contribution is -2.17. The van der Waals surface area contributed by atoms with Crippen molar-refractivity contribution < 1.29 is 4.52 Å². The second-order valence-electron chi connectivity index (χ2n) is 3.86. The molecule has 0 spiro atoms. The van der Waals surface area contributed by atoms with E-state index in [-0.39, 0.29) is 0 Å². The highest BCUT2D eigenvalue weighted by Crippen LogP contribution is 2.55. The molecule has 0 bridgehead atoms. The van der Waals surface area contributed by atoms with Gasteiger partial charge >= 0.3 is 0 Å². The van der Waals surface area contributed by atoms with E-state index in [0.717, 1.165) is 31.3 Å². The lowest BCUT2D eigenvalue weighted by atomic mass is 10.3. The van der Waals surface area contributed by atoms with Crippen LogP contribution in [0.25, 0.3) is 0 Å². The fourth-order valence-electron chi connectivity index (χ4n) is 1.44. The first-order valence-electron chi connectivity index (χ1n) is 6.06. The van der Waals surface area contributed by atoms with Gasteiger partial charge in [-0.3, -0.25) is 0 Å². The van der Waals surface area contributed by atoms with Crippen molar-refractivity contribution in [2.24, 2.45) is 0 Å². The van der Waals surface area contributed by atoms with Crippen molar-refractivity contribution in [2.75, 3.05) is 12.7 Å². The molecule has 0 aliphatic rings. The molecule has 0 fully saturated rings. The summed E-state index contributed by atoms with van der Waals surface area (Å²) in [6.45, 7) is 5.25. The normalized spacial score (nSPS) is 14.4. The van der Waals surface area contributed by atoms with E-state index in [9.17, 15) is 0 Å². The number of hydrogen-bond acceptors (Lipinski definition) is 3. The highest BCUT2D eigenvalue weighted by Gasteiger charge is 2.26. The Morgan fingerprint density at radius 3 is 2.50 bits per heavy atom. The molecule has 1 aromatic rings. The molecule has 1 rings (SSSR count). The summed E-state index contributed by atoms with van der Waals surface area (Å²) >= 11 is 9.24. The fourth-order valence-corrected chi connectivity index (χ4v) is 7.79. The van der Waals surface area contributed by atoms with Crippen LogP contribution in [0.4, 0.5) is 0 Å². The standard InChI is InChI=1S/C12H19BrNOPS2/c1-3-5-11-14(18-13)16(17,4-2)15-12-9-7-6-8-10-12/h6-10H,3-5,11H2,1-2H3. The zero-order valence-corrected chi connectivity index (χ0v) is 14.8. The van der Waals surface area contributed by atoms with Gasteiger partial charge in [-0.25, -0.2) is 0 Å². The molecule has 0 saturated carbocycles. The van der Waals surface area contributed by atoms with Gasteiger partial charge in [0.1, 0.15) is 5.75 Å². The van der Waals surface area contributed by atoms with Gasteiger partial charge in [0.05, 0.1) is 0 Å². The predicted molar refractivity (Wildman–Crippen MR) is 90.0 cm³/mol. The second-order valence-corrected chi connectivity index (χ2v) is 9.86. The molecule has 0 aliphatic heterocycles. The van der Waals surface area contributed by atoms with E-state index in [1.54, 1.807) is 0 Å². The van der Waals surface area contributed by atoms with Crippen LogP contribution in [0.3, 0.4) is 0 Å². The smallest absolute Gasteiger partial charge is 0.190 e. The lowest BCUT2D eigenvalue weighted by Gasteiger charge is -2.31. The molecule has 0 heterocycles. The summed E-state index contributed by atoms with van der Waals surface area (Å²) in [5.74, 6) is 0.866. The number of benzene rings is 1. The van der Waals surface area contributed by atoms with Gasteiger partial charge in [0.25, 0.3) is 0 Å². The molecule has 1 unspecified atom stereocenters. The summed E-state index contributed by atoms with van der Waals surface area (Å²) in [7, 11) is 1.53. The summed E-state index contributed by atoms with van der Waals surface area (Å²) in [5.41, 5.74) is 0. The Labute approximate surface area is 127 Å². The first-order chi connectivity index (χ1) is 8.66. The first kappa shape index (κ1) is 16.5. The zero-order valence-electron chi connectivity index (χ0n) is 10.7. The molecule has 0 aromatic heterocycles. The fraction of sp³-hybridized carbons (Fsp3) is 0.500. The molecule has 18 heavy (non-hydrogen) atoms. The van der Waals surface area contributed by atoms with Crippen LogP contribution in [0.2, 0.25) is 0 Å². The Hall–Kier alpha value is 0.460. The number of para-hydroxylation sites is 1. The van der Waals surface area contributed by atoms with Gasteiger partial charge in [0.15, 0.2) is 6.42 Å². The SMILES string of the molecule is CCCCN(SBr)P(=S)(CC)Oc1ccccc1. The van der Waals surface area contributed by atoms with Gasteiger partial charge in [0, 0.05) is 37.9 Å². The van der Waals surface area contributed by atoms with Crippen LogP contribution in [-0.2, 0) is 11.8 Å². The van der Waals surface area contributed by atoms with Crippen LogP contribution in [0.15, 0.2) is 30.3 Å². The molecule has 0 aliphatic carbocycles. The lowest BCUT2D eigenvalue weighted by molar-refractivity contribution is 0.540. The van der Waals surface area contributed by atoms with Crippen molar-refractivity contribution in [3.8, 4) is 5.75 Å². The molecule has 1 aromatic carbocycles. The van der Waals surface area contributed by atoms with Crippen LogP contribution in [0.5, 0.6) is 5.75 Å².